The molecule has 3 heterocycles. The lowest BCUT2D eigenvalue weighted by Crippen LogP contribution is -2.41. The number of piperidine rings is 1. The second-order valence-corrected chi connectivity index (χ2v) is 8.20. The number of anilines is 1. The van der Waals surface area contributed by atoms with Crippen LogP contribution in [-0.4, -0.2) is 44.6 Å². The summed E-state index contributed by atoms with van der Waals surface area (Å²) in [5.41, 5.74) is 3.68. The highest BCUT2D eigenvalue weighted by atomic mass is 19.1. The van der Waals surface area contributed by atoms with Gasteiger partial charge in [-0.1, -0.05) is 0 Å². The van der Waals surface area contributed by atoms with E-state index in [2.05, 4.69) is 15.4 Å². The molecule has 1 saturated heterocycles. The predicted molar refractivity (Wildman–Crippen MR) is 119 cm³/mol. The quantitative estimate of drug-likeness (QED) is 0.663. The summed E-state index contributed by atoms with van der Waals surface area (Å²) in [6.45, 7) is 5.44. The molecule has 0 radical (unpaired) electrons. The van der Waals surface area contributed by atoms with Crippen molar-refractivity contribution in [3.05, 3.63) is 77.1 Å². The van der Waals surface area contributed by atoms with Gasteiger partial charge in [-0.05, 0) is 69.2 Å². The molecule has 0 spiro atoms. The number of hydrogen-bond acceptors (Lipinski definition) is 4. The average molecular weight is 436 g/mol. The van der Waals surface area contributed by atoms with E-state index >= 15 is 0 Å². The molecule has 2 aromatic heterocycles. The van der Waals surface area contributed by atoms with Crippen LogP contribution in [0.2, 0.25) is 0 Å². The lowest BCUT2D eigenvalue weighted by molar-refractivity contribution is -0.133. The fourth-order valence-electron chi connectivity index (χ4n) is 4.03. The Hall–Kier alpha value is -3.55. The maximum atomic E-state index is 13.0. The minimum Gasteiger partial charge on any atom is -0.340 e. The van der Waals surface area contributed by atoms with Crippen LogP contribution < -0.4 is 5.32 Å². The largest absolute Gasteiger partial charge is 0.340 e. The Labute approximate surface area is 186 Å². The first-order valence-corrected chi connectivity index (χ1v) is 10.7. The highest BCUT2D eigenvalue weighted by molar-refractivity contribution is 6.04. The maximum Gasteiger partial charge on any atom is 0.257 e. The van der Waals surface area contributed by atoms with Crippen LogP contribution in [0.15, 0.2) is 48.7 Å². The molecule has 3 aromatic rings. The van der Waals surface area contributed by atoms with Crippen LogP contribution in [0.1, 0.15) is 46.2 Å². The van der Waals surface area contributed by atoms with Crippen molar-refractivity contribution < 1.29 is 14.0 Å². The van der Waals surface area contributed by atoms with Crippen molar-refractivity contribution in [3.8, 4) is 0 Å². The molecule has 32 heavy (non-hydrogen) atoms. The van der Waals surface area contributed by atoms with Gasteiger partial charge in [-0.3, -0.25) is 19.3 Å². The fourth-order valence-corrected chi connectivity index (χ4v) is 4.03. The third kappa shape index (κ3) is 5.01. The molecule has 4 rings (SSSR count). The number of aryl methyl sites for hydroxylation is 2. The standard InChI is InChI=1S/C24H26FN5O2/c1-16-12-17(2)30(28-16)15-23(31)29-11-3-4-19(14-29)22-10-5-18(13-26-22)24(32)27-21-8-6-20(25)7-9-21/h5-10,12-13,19H,3-4,11,14-15H2,1-2H3,(H,27,32). The normalized spacial score (nSPS) is 16.1. The first kappa shape index (κ1) is 21.7. The Bertz CT molecular complexity index is 1110. The van der Waals surface area contributed by atoms with Crippen molar-refractivity contribution in [2.75, 3.05) is 18.4 Å². The van der Waals surface area contributed by atoms with Crippen molar-refractivity contribution in [3.63, 3.8) is 0 Å². The number of aromatic nitrogens is 3. The van der Waals surface area contributed by atoms with Gasteiger partial charge in [-0.25, -0.2) is 4.39 Å². The Morgan fingerprint density at radius 3 is 2.59 bits per heavy atom. The van der Waals surface area contributed by atoms with Gasteiger partial charge < -0.3 is 10.2 Å². The molecule has 0 saturated carbocycles. The summed E-state index contributed by atoms with van der Waals surface area (Å²) in [7, 11) is 0. The topological polar surface area (TPSA) is 80.1 Å². The van der Waals surface area contributed by atoms with E-state index in [-0.39, 0.29) is 30.1 Å². The van der Waals surface area contributed by atoms with Gasteiger partial charge in [-0.15, -0.1) is 0 Å². The zero-order chi connectivity index (χ0) is 22.7. The molecule has 1 fully saturated rings. The van der Waals surface area contributed by atoms with Crippen LogP contribution in [0.25, 0.3) is 0 Å². The Kier molecular flexibility index (Phi) is 6.30. The SMILES string of the molecule is Cc1cc(C)n(CC(=O)N2CCCC(c3ccc(C(=O)Nc4ccc(F)cc4)cn3)C2)n1. The van der Waals surface area contributed by atoms with Gasteiger partial charge in [-0.2, -0.15) is 5.10 Å². The van der Waals surface area contributed by atoms with Gasteiger partial charge in [0.05, 0.1) is 11.3 Å². The van der Waals surface area contributed by atoms with Gasteiger partial charge >= 0.3 is 0 Å². The number of halogens is 1. The minimum atomic E-state index is -0.358. The van der Waals surface area contributed by atoms with Gasteiger partial charge in [0.2, 0.25) is 5.91 Å². The summed E-state index contributed by atoms with van der Waals surface area (Å²) in [6, 6.07) is 11.1. The molecule has 1 aliphatic rings. The Morgan fingerprint density at radius 2 is 1.94 bits per heavy atom. The third-order valence-corrected chi connectivity index (χ3v) is 5.73. The number of pyridine rings is 1. The van der Waals surface area contributed by atoms with E-state index in [1.54, 1.807) is 16.9 Å². The summed E-state index contributed by atoms with van der Waals surface area (Å²) in [5, 5.41) is 7.11. The first-order chi connectivity index (χ1) is 15.4. The predicted octanol–water partition coefficient (Wildman–Crippen LogP) is 3.69. The average Bonchev–Trinajstić information content (AvgIpc) is 3.12. The molecule has 1 aromatic carbocycles. The molecule has 0 aliphatic carbocycles. The van der Waals surface area contributed by atoms with Crippen LogP contribution in [0, 0.1) is 19.7 Å². The Balaban J connectivity index is 1.37. The number of carbonyl (C=O) groups excluding carboxylic acids is 2. The minimum absolute atomic E-state index is 0.0520. The van der Waals surface area contributed by atoms with E-state index in [1.165, 1.54) is 24.3 Å². The van der Waals surface area contributed by atoms with Crippen molar-refractivity contribution in [2.24, 2.45) is 0 Å². The van der Waals surface area contributed by atoms with Crippen LogP contribution >= 0.6 is 0 Å². The number of hydrogen-bond donors (Lipinski definition) is 1. The molecule has 166 valence electrons. The van der Waals surface area contributed by atoms with Crippen molar-refractivity contribution >= 4 is 17.5 Å². The van der Waals surface area contributed by atoms with Gasteiger partial charge in [0.25, 0.3) is 5.91 Å². The number of rotatable bonds is 5. The first-order valence-electron chi connectivity index (χ1n) is 10.7. The van der Waals surface area contributed by atoms with Crippen molar-refractivity contribution in [1.82, 2.24) is 19.7 Å². The number of nitrogens with zero attached hydrogens (tertiary/aromatic N) is 4. The third-order valence-electron chi connectivity index (χ3n) is 5.73. The number of benzene rings is 1. The van der Waals surface area contributed by atoms with Gasteiger partial charge in [0.1, 0.15) is 12.4 Å². The van der Waals surface area contributed by atoms with Crippen LogP contribution in [0.4, 0.5) is 10.1 Å². The molecule has 7 nitrogen and oxygen atoms in total. The summed E-state index contributed by atoms with van der Waals surface area (Å²) in [5.74, 6) is -0.483. The molecule has 2 amide bonds. The van der Waals surface area contributed by atoms with E-state index in [4.69, 9.17) is 0 Å². The number of nitrogens with one attached hydrogen (secondary N) is 1. The van der Waals surface area contributed by atoms with Crippen molar-refractivity contribution in [1.29, 1.82) is 0 Å². The van der Waals surface area contributed by atoms with E-state index in [1.807, 2.05) is 30.9 Å². The lowest BCUT2D eigenvalue weighted by Gasteiger charge is -2.32. The molecule has 1 aliphatic heterocycles. The number of likely N-dealkylation sites (tertiary alicyclic amines) is 1. The molecule has 8 heteroatoms. The Morgan fingerprint density at radius 1 is 1.16 bits per heavy atom. The summed E-state index contributed by atoms with van der Waals surface area (Å²) in [6.07, 6.45) is 3.39. The van der Waals surface area contributed by atoms with Crippen LogP contribution in [0.5, 0.6) is 0 Å². The highest BCUT2D eigenvalue weighted by Gasteiger charge is 2.26. The van der Waals surface area contributed by atoms with E-state index in [0.29, 0.717) is 17.8 Å². The smallest absolute Gasteiger partial charge is 0.257 e. The molecule has 1 atom stereocenters. The van der Waals surface area contributed by atoms with E-state index in [9.17, 15) is 14.0 Å². The lowest BCUT2D eigenvalue weighted by atomic mass is 9.94. The zero-order valence-electron chi connectivity index (χ0n) is 18.2. The number of amides is 2. The maximum absolute atomic E-state index is 13.0. The van der Waals surface area contributed by atoms with E-state index < -0.39 is 0 Å². The highest BCUT2D eigenvalue weighted by Crippen LogP contribution is 2.26. The van der Waals surface area contributed by atoms with Crippen molar-refractivity contribution in [2.45, 2.75) is 39.2 Å². The second kappa shape index (κ2) is 9.30. The second-order valence-electron chi connectivity index (χ2n) is 8.20. The fraction of sp³-hybridized carbons (Fsp3) is 0.333. The van der Waals surface area contributed by atoms with E-state index in [0.717, 1.165) is 36.5 Å². The molecule has 1 unspecified atom stereocenters. The molecule has 1 N–H and O–H groups in total. The van der Waals surface area contributed by atoms with Crippen LogP contribution in [0.3, 0.4) is 0 Å². The molecular weight excluding hydrogens is 409 g/mol. The molecule has 0 bridgehead atoms. The molecular formula is C24H26FN5O2. The van der Waals surface area contributed by atoms with Crippen LogP contribution in [-0.2, 0) is 11.3 Å². The zero-order valence-corrected chi connectivity index (χ0v) is 18.2. The van der Waals surface area contributed by atoms with Gasteiger partial charge in [0.15, 0.2) is 0 Å². The summed E-state index contributed by atoms with van der Waals surface area (Å²) >= 11 is 0. The van der Waals surface area contributed by atoms with Gasteiger partial charge in [0, 0.05) is 42.3 Å². The number of carbonyl (C=O) groups is 2. The summed E-state index contributed by atoms with van der Waals surface area (Å²) < 4.78 is 14.8. The summed E-state index contributed by atoms with van der Waals surface area (Å²) in [4.78, 5) is 31.6. The monoisotopic (exact) mass is 435 g/mol.